The first-order valence-electron chi connectivity index (χ1n) is 8.25. The van der Waals surface area contributed by atoms with Crippen LogP contribution in [0.25, 0.3) is 0 Å². The molecule has 28 heavy (non-hydrogen) atoms. The SMILES string of the molecule is NC(=O)[C@H]1CCC1Nc1nc(Nc2ccc(C(=O)O)cc2)ncc1C(F)(F)F. The molecule has 1 unspecified atom stereocenters. The molecule has 148 valence electrons. The number of benzene rings is 1. The number of hydrogen-bond donors (Lipinski definition) is 4. The monoisotopic (exact) mass is 395 g/mol. The smallest absolute Gasteiger partial charge is 0.421 e. The topological polar surface area (TPSA) is 130 Å². The quantitative estimate of drug-likeness (QED) is 0.591. The highest BCUT2D eigenvalue weighted by Gasteiger charge is 2.39. The molecule has 1 amide bonds. The molecule has 2 atom stereocenters. The second-order valence-electron chi connectivity index (χ2n) is 6.30. The van der Waals surface area contributed by atoms with Crippen molar-refractivity contribution in [2.45, 2.75) is 25.1 Å². The maximum atomic E-state index is 13.3. The average molecular weight is 395 g/mol. The van der Waals surface area contributed by atoms with Gasteiger partial charge in [-0.1, -0.05) is 0 Å². The van der Waals surface area contributed by atoms with Crippen LogP contribution >= 0.6 is 0 Å². The summed E-state index contributed by atoms with van der Waals surface area (Å²) < 4.78 is 39.8. The predicted octanol–water partition coefficient (Wildman–Crippen LogP) is 2.61. The summed E-state index contributed by atoms with van der Waals surface area (Å²) in [5, 5.41) is 14.3. The second-order valence-corrected chi connectivity index (χ2v) is 6.30. The highest BCUT2D eigenvalue weighted by molar-refractivity contribution is 5.88. The second kappa shape index (κ2) is 7.33. The van der Waals surface area contributed by atoms with Crippen LogP contribution in [0.2, 0.25) is 0 Å². The average Bonchev–Trinajstić information content (AvgIpc) is 2.58. The van der Waals surface area contributed by atoms with Crippen LogP contribution in [0, 0.1) is 5.92 Å². The molecule has 8 nitrogen and oxygen atoms in total. The van der Waals surface area contributed by atoms with Crippen LogP contribution in [0.3, 0.4) is 0 Å². The van der Waals surface area contributed by atoms with Crippen LogP contribution in [-0.4, -0.2) is 33.0 Å². The molecular weight excluding hydrogens is 379 g/mol. The lowest BCUT2D eigenvalue weighted by molar-refractivity contribution is -0.137. The number of carboxylic acids is 1. The Balaban J connectivity index is 1.85. The molecule has 0 spiro atoms. The lowest BCUT2D eigenvalue weighted by Gasteiger charge is -2.35. The summed E-state index contributed by atoms with van der Waals surface area (Å²) in [5.41, 5.74) is 4.64. The molecule has 1 saturated carbocycles. The summed E-state index contributed by atoms with van der Waals surface area (Å²) >= 11 is 0. The van der Waals surface area contributed by atoms with Gasteiger partial charge in [0.1, 0.15) is 11.4 Å². The van der Waals surface area contributed by atoms with E-state index < -0.39 is 41.4 Å². The molecule has 1 aromatic heterocycles. The number of rotatable bonds is 6. The maximum absolute atomic E-state index is 13.3. The lowest BCUT2D eigenvalue weighted by atomic mass is 9.79. The zero-order chi connectivity index (χ0) is 20.5. The lowest BCUT2D eigenvalue weighted by Crippen LogP contribution is -2.46. The Morgan fingerprint density at radius 1 is 1.18 bits per heavy atom. The highest BCUT2D eigenvalue weighted by Crippen LogP contribution is 2.37. The predicted molar refractivity (Wildman–Crippen MR) is 93.0 cm³/mol. The normalized spacial score (nSPS) is 18.8. The third-order valence-electron chi connectivity index (χ3n) is 4.44. The highest BCUT2D eigenvalue weighted by atomic mass is 19.4. The summed E-state index contributed by atoms with van der Waals surface area (Å²) in [5.74, 6) is -2.82. The first-order valence-corrected chi connectivity index (χ1v) is 8.25. The summed E-state index contributed by atoms with van der Waals surface area (Å²) in [6.45, 7) is 0. The van der Waals surface area contributed by atoms with E-state index >= 15 is 0 Å². The van der Waals surface area contributed by atoms with Crippen LogP contribution in [0.5, 0.6) is 0 Å². The molecule has 0 bridgehead atoms. The number of amides is 1. The summed E-state index contributed by atoms with van der Waals surface area (Å²) in [6.07, 6.45) is -3.05. The number of alkyl halides is 3. The van der Waals surface area contributed by atoms with Gasteiger partial charge in [0.15, 0.2) is 0 Å². The van der Waals surface area contributed by atoms with Crippen molar-refractivity contribution in [3.8, 4) is 0 Å². The Morgan fingerprint density at radius 3 is 2.36 bits per heavy atom. The molecule has 1 aliphatic carbocycles. The van der Waals surface area contributed by atoms with Crippen LogP contribution < -0.4 is 16.4 Å². The number of primary amides is 1. The van der Waals surface area contributed by atoms with E-state index in [-0.39, 0.29) is 11.5 Å². The molecule has 1 heterocycles. The molecule has 1 aliphatic rings. The molecule has 11 heteroatoms. The van der Waals surface area contributed by atoms with Crippen LogP contribution in [0.4, 0.5) is 30.6 Å². The third kappa shape index (κ3) is 4.13. The van der Waals surface area contributed by atoms with Gasteiger partial charge in [-0.05, 0) is 37.1 Å². The van der Waals surface area contributed by atoms with E-state index in [1.54, 1.807) is 0 Å². The van der Waals surface area contributed by atoms with Crippen molar-refractivity contribution in [3.05, 3.63) is 41.6 Å². The number of aromatic nitrogens is 2. The number of carbonyl (C=O) groups is 2. The first kappa shape index (κ1) is 19.4. The minimum atomic E-state index is -4.68. The van der Waals surface area contributed by atoms with Gasteiger partial charge in [0, 0.05) is 17.9 Å². The molecule has 1 aromatic carbocycles. The molecular formula is C17H16F3N5O3. The van der Waals surface area contributed by atoms with E-state index in [2.05, 4.69) is 20.6 Å². The molecule has 0 saturated heterocycles. The van der Waals surface area contributed by atoms with Gasteiger partial charge in [0.05, 0.1) is 11.5 Å². The Hall–Kier alpha value is -3.37. The van der Waals surface area contributed by atoms with Gasteiger partial charge in [0.2, 0.25) is 11.9 Å². The van der Waals surface area contributed by atoms with E-state index in [1.807, 2.05) is 0 Å². The van der Waals surface area contributed by atoms with E-state index in [0.29, 0.717) is 24.7 Å². The fourth-order valence-corrected chi connectivity index (χ4v) is 2.77. The van der Waals surface area contributed by atoms with Gasteiger partial charge < -0.3 is 21.5 Å². The number of carbonyl (C=O) groups excluding carboxylic acids is 1. The number of anilines is 3. The number of hydrogen-bond acceptors (Lipinski definition) is 6. The summed E-state index contributed by atoms with van der Waals surface area (Å²) in [6, 6.07) is 5.01. The largest absolute Gasteiger partial charge is 0.478 e. The van der Waals surface area contributed by atoms with Gasteiger partial charge in [-0.2, -0.15) is 18.2 Å². The van der Waals surface area contributed by atoms with Crippen molar-refractivity contribution < 1.29 is 27.9 Å². The number of halogens is 3. The molecule has 5 N–H and O–H groups in total. The first-order chi connectivity index (χ1) is 13.1. The van der Waals surface area contributed by atoms with E-state index in [4.69, 9.17) is 10.8 Å². The van der Waals surface area contributed by atoms with Crippen molar-refractivity contribution in [2.75, 3.05) is 10.6 Å². The minimum Gasteiger partial charge on any atom is -0.478 e. The van der Waals surface area contributed by atoms with Crippen molar-refractivity contribution in [2.24, 2.45) is 11.7 Å². The summed E-state index contributed by atoms with van der Waals surface area (Å²) in [4.78, 5) is 29.7. The molecule has 3 rings (SSSR count). The number of nitrogens with two attached hydrogens (primary N) is 1. The Morgan fingerprint density at radius 2 is 1.86 bits per heavy atom. The fourth-order valence-electron chi connectivity index (χ4n) is 2.77. The molecule has 0 aliphatic heterocycles. The van der Waals surface area contributed by atoms with Crippen molar-refractivity contribution in [3.63, 3.8) is 0 Å². The number of aromatic carboxylic acids is 1. The molecule has 0 radical (unpaired) electrons. The number of nitrogens with one attached hydrogen (secondary N) is 2. The van der Waals surface area contributed by atoms with Crippen LogP contribution in [0.1, 0.15) is 28.8 Å². The zero-order valence-electron chi connectivity index (χ0n) is 14.3. The van der Waals surface area contributed by atoms with Gasteiger partial charge in [-0.25, -0.2) is 9.78 Å². The fraction of sp³-hybridized carbons (Fsp3) is 0.294. The van der Waals surface area contributed by atoms with E-state index in [0.717, 1.165) is 0 Å². The van der Waals surface area contributed by atoms with Gasteiger partial charge in [-0.3, -0.25) is 4.79 Å². The van der Waals surface area contributed by atoms with Gasteiger partial charge >= 0.3 is 12.1 Å². The standard InChI is InChI=1S/C17H16F3N5O3/c18-17(19,20)11-7-22-16(23-9-3-1-8(2-4-9)15(27)28)25-14(11)24-12-6-5-10(12)13(21)26/h1-4,7,10,12H,5-6H2,(H2,21,26)(H,27,28)(H2,22,23,24,25)/t10-,12?/m0/s1. The Bertz CT molecular complexity index is 902. The van der Waals surface area contributed by atoms with Crippen molar-refractivity contribution in [1.82, 2.24) is 9.97 Å². The number of nitrogens with zero attached hydrogens (tertiary/aromatic N) is 2. The van der Waals surface area contributed by atoms with Crippen LogP contribution in [-0.2, 0) is 11.0 Å². The van der Waals surface area contributed by atoms with Crippen LogP contribution in [0.15, 0.2) is 30.5 Å². The van der Waals surface area contributed by atoms with Gasteiger partial charge in [0.25, 0.3) is 0 Å². The molecule has 1 fully saturated rings. The zero-order valence-corrected chi connectivity index (χ0v) is 14.3. The van der Waals surface area contributed by atoms with Crippen molar-refractivity contribution in [1.29, 1.82) is 0 Å². The van der Waals surface area contributed by atoms with E-state index in [1.165, 1.54) is 24.3 Å². The van der Waals surface area contributed by atoms with Crippen molar-refractivity contribution >= 4 is 29.3 Å². The summed E-state index contributed by atoms with van der Waals surface area (Å²) in [7, 11) is 0. The maximum Gasteiger partial charge on any atom is 0.421 e. The number of carboxylic acid groups (broad SMARTS) is 1. The minimum absolute atomic E-state index is 0.0590. The Labute approximate surface area is 157 Å². The molecule has 2 aromatic rings. The Kier molecular flexibility index (Phi) is 5.08. The van der Waals surface area contributed by atoms with E-state index in [9.17, 15) is 22.8 Å². The van der Waals surface area contributed by atoms with Gasteiger partial charge in [-0.15, -0.1) is 0 Å². The third-order valence-corrected chi connectivity index (χ3v) is 4.44.